The summed E-state index contributed by atoms with van der Waals surface area (Å²) in [5.41, 5.74) is 2.70. The first kappa shape index (κ1) is 22.2. The molecular weight excluding hydrogens is 445 g/mol. The van der Waals surface area contributed by atoms with Crippen molar-refractivity contribution in [2.45, 2.75) is 37.5 Å². The number of ether oxygens (including phenoxy) is 2. The van der Waals surface area contributed by atoms with Gasteiger partial charge in [-0.15, -0.1) is 0 Å². The lowest BCUT2D eigenvalue weighted by Gasteiger charge is -2.43. The first-order chi connectivity index (χ1) is 15.9. The molecule has 2 aliphatic carbocycles. The van der Waals surface area contributed by atoms with Crippen molar-refractivity contribution >= 4 is 29.5 Å². The zero-order chi connectivity index (χ0) is 23.2. The quantitative estimate of drug-likeness (QED) is 0.466. The number of halogens is 2. The number of anilines is 1. The Hall–Kier alpha value is -2.60. The minimum atomic E-state index is -0.721. The van der Waals surface area contributed by atoms with Crippen molar-refractivity contribution in [3.8, 4) is 5.75 Å². The molecule has 1 aliphatic heterocycles. The molecule has 0 N–H and O–H groups in total. The van der Waals surface area contributed by atoms with Crippen molar-refractivity contribution in [3.63, 3.8) is 0 Å². The van der Waals surface area contributed by atoms with Gasteiger partial charge in [-0.25, -0.2) is 9.18 Å². The van der Waals surface area contributed by atoms with Crippen molar-refractivity contribution < 1.29 is 23.5 Å². The van der Waals surface area contributed by atoms with Crippen molar-refractivity contribution in [2.24, 2.45) is 11.8 Å². The second-order valence-electron chi connectivity index (χ2n) is 9.53. The summed E-state index contributed by atoms with van der Waals surface area (Å²) in [4.78, 5) is 25.9. The fourth-order valence-corrected chi connectivity index (χ4v) is 5.88. The van der Waals surface area contributed by atoms with E-state index >= 15 is 0 Å². The Bertz CT molecular complexity index is 1110. The zero-order valence-electron chi connectivity index (χ0n) is 18.6. The Morgan fingerprint density at radius 3 is 2.91 bits per heavy atom. The van der Waals surface area contributed by atoms with Gasteiger partial charge < -0.3 is 19.2 Å². The number of carbonyl (C=O) groups is 2. The first-order valence-electron chi connectivity index (χ1n) is 11.5. The highest BCUT2D eigenvalue weighted by atomic mass is 35.5. The van der Waals surface area contributed by atoms with Crippen LogP contribution in [0.2, 0.25) is 5.02 Å². The van der Waals surface area contributed by atoms with E-state index in [0.717, 1.165) is 38.4 Å². The average molecular weight is 472 g/mol. The number of aldehydes is 1. The highest BCUT2D eigenvalue weighted by molar-refractivity contribution is 6.30. The molecular formula is C26H27ClFNO4. The molecule has 0 aromatic heterocycles. The smallest absolute Gasteiger partial charge is 0.340 e. The summed E-state index contributed by atoms with van der Waals surface area (Å²) in [6, 6.07) is 8.86. The van der Waals surface area contributed by atoms with Crippen LogP contribution in [0.5, 0.6) is 5.75 Å². The fraction of sp³-hybridized carbons (Fsp3) is 0.462. The summed E-state index contributed by atoms with van der Waals surface area (Å²) in [5.74, 6) is -0.708. The first-order valence-corrected chi connectivity index (χ1v) is 11.9. The van der Waals surface area contributed by atoms with Crippen LogP contribution in [0.3, 0.4) is 0 Å². The predicted molar refractivity (Wildman–Crippen MR) is 124 cm³/mol. The van der Waals surface area contributed by atoms with Crippen molar-refractivity contribution in [1.29, 1.82) is 0 Å². The standard InChI is InChI=1S/C26H27ClFNO4/c1-32-25(31)20-10-23-24(11-22(20)28)33-15-26(14-29(23)12-17-4-5-18(17)13-30)8-2-3-16-9-19(27)6-7-21(16)26/h6-7,9-11,13,17-18H,2-5,8,12,14-15H2,1H3/t17-,18-,26?/m0/s1. The molecule has 7 heteroatoms. The molecule has 3 aliphatic rings. The van der Waals surface area contributed by atoms with Gasteiger partial charge in [0.25, 0.3) is 0 Å². The van der Waals surface area contributed by atoms with Gasteiger partial charge in [0.2, 0.25) is 0 Å². The molecule has 2 aromatic rings. The molecule has 0 saturated heterocycles. The second kappa shape index (κ2) is 8.64. The van der Waals surface area contributed by atoms with Gasteiger partial charge in [-0.3, -0.25) is 0 Å². The molecule has 5 nitrogen and oxygen atoms in total. The Morgan fingerprint density at radius 2 is 2.18 bits per heavy atom. The molecule has 0 bridgehead atoms. The van der Waals surface area contributed by atoms with Crippen LogP contribution in [-0.4, -0.2) is 39.1 Å². The maximum Gasteiger partial charge on any atom is 0.340 e. The van der Waals surface area contributed by atoms with Gasteiger partial charge in [0.15, 0.2) is 0 Å². The van der Waals surface area contributed by atoms with E-state index in [4.69, 9.17) is 21.1 Å². The Kier molecular flexibility index (Phi) is 5.81. The van der Waals surface area contributed by atoms with Gasteiger partial charge in [0, 0.05) is 35.5 Å². The van der Waals surface area contributed by atoms with Gasteiger partial charge in [0.1, 0.15) is 17.9 Å². The molecule has 1 saturated carbocycles. The normalized spacial score (nSPS) is 25.8. The van der Waals surface area contributed by atoms with Gasteiger partial charge in [-0.05, 0) is 67.3 Å². The number of nitrogens with zero attached hydrogens (tertiary/aromatic N) is 1. The molecule has 1 heterocycles. The van der Waals surface area contributed by atoms with E-state index in [1.165, 1.54) is 30.4 Å². The number of hydrogen-bond donors (Lipinski definition) is 0. The third-order valence-corrected chi connectivity index (χ3v) is 7.87. The topological polar surface area (TPSA) is 55.8 Å². The summed E-state index contributed by atoms with van der Waals surface area (Å²) >= 11 is 6.28. The summed E-state index contributed by atoms with van der Waals surface area (Å²) < 4.78 is 25.8. The van der Waals surface area contributed by atoms with Crippen LogP contribution in [0.25, 0.3) is 0 Å². The van der Waals surface area contributed by atoms with E-state index in [0.29, 0.717) is 36.2 Å². The van der Waals surface area contributed by atoms with E-state index < -0.39 is 11.8 Å². The van der Waals surface area contributed by atoms with E-state index in [1.54, 1.807) is 0 Å². The van der Waals surface area contributed by atoms with E-state index in [9.17, 15) is 14.0 Å². The zero-order valence-corrected chi connectivity index (χ0v) is 19.4. The minimum absolute atomic E-state index is 0.0338. The largest absolute Gasteiger partial charge is 0.490 e. The molecule has 2 aromatic carbocycles. The summed E-state index contributed by atoms with van der Waals surface area (Å²) in [5, 5.41) is 0.716. The number of fused-ring (bicyclic) bond motifs is 3. The summed E-state index contributed by atoms with van der Waals surface area (Å²) in [6.45, 7) is 1.71. The predicted octanol–water partition coefficient (Wildman–Crippen LogP) is 4.96. The minimum Gasteiger partial charge on any atom is -0.490 e. The van der Waals surface area contributed by atoms with E-state index in [-0.39, 0.29) is 22.8 Å². The SMILES string of the molecule is COC(=O)c1cc2c(cc1F)OCC1(CCCc3cc(Cl)ccc31)CN2C[C@@H]1CC[C@H]1C=O. The molecule has 5 rings (SSSR count). The van der Waals surface area contributed by atoms with Crippen molar-refractivity contribution in [2.75, 3.05) is 31.7 Å². The number of hydrogen-bond acceptors (Lipinski definition) is 5. The molecule has 1 fully saturated rings. The lowest BCUT2D eigenvalue weighted by molar-refractivity contribution is -0.115. The monoisotopic (exact) mass is 471 g/mol. The summed E-state index contributed by atoms with van der Waals surface area (Å²) in [7, 11) is 1.24. The number of aryl methyl sites for hydroxylation is 1. The molecule has 0 radical (unpaired) electrons. The fourth-order valence-electron chi connectivity index (χ4n) is 5.68. The lowest BCUT2D eigenvalue weighted by Crippen LogP contribution is -2.48. The van der Waals surface area contributed by atoms with E-state index in [1.807, 2.05) is 12.1 Å². The third kappa shape index (κ3) is 3.88. The average Bonchev–Trinajstić information content (AvgIpc) is 2.93. The van der Waals surface area contributed by atoms with Crippen molar-refractivity contribution in [1.82, 2.24) is 0 Å². The van der Waals surface area contributed by atoms with Crippen LogP contribution in [0.15, 0.2) is 30.3 Å². The second-order valence-corrected chi connectivity index (χ2v) is 9.97. The number of methoxy groups -OCH3 is 1. The number of rotatable bonds is 4. The number of benzene rings is 2. The van der Waals surface area contributed by atoms with Crippen LogP contribution in [-0.2, 0) is 21.4 Å². The summed E-state index contributed by atoms with van der Waals surface area (Å²) in [6.07, 6.45) is 5.81. The lowest BCUT2D eigenvalue weighted by atomic mass is 9.69. The van der Waals surface area contributed by atoms with Gasteiger partial charge in [-0.1, -0.05) is 17.7 Å². The highest BCUT2D eigenvalue weighted by Crippen LogP contribution is 2.46. The molecule has 1 spiro atoms. The Balaban J connectivity index is 1.59. The maximum atomic E-state index is 14.8. The Labute approximate surface area is 197 Å². The van der Waals surface area contributed by atoms with Crippen LogP contribution in [0, 0.1) is 17.7 Å². The highest BCUT2D eigenvalue weighted by Gasteiger charge is 2.43. The molecule has 174 valence electrons. The maximum absolute atomic E-state index is 14.8. The van der Waals surface area contributed by atoms with Crippen molar-refractivity contribution in [3.05, 3.63) is 57.9 Å². The molecule has 33 heavy (non-hydrogen) atoms. The van der Waals surface area contributed by atoms with Crippen LogP contribution in [0.4, 0.5) is 10.1 Å². The van der Waals surface area contributed by atoms with Gasteiger partial charge in [-0.2, -0.15) is 0 Å². The number of carbonyl (C=O) groups excluding carboxylic acids is 2. The van der Waals surface area contributed by atoms with Crippen LogP contribution in [0.1, 0.15) is 47.2 Å². The number of esters is 1. The van der Waals surface area contributed by atoms with Gasteiger partial charge in [0.05, 0.1) is 25.0 Å². The molecule has 1 unspecified atom stereocenters. The Morgan fingerprint density at radius 1 is 1.33 bits per heavy atom. The third-order valence-electron chi connectivity index (χ3n) is 7.64. The molecule has 3 atom stereocenters. The van der Waals surface area contributed by atoms with Crippen LogP contribution >= 0.6 is 11.6 Å². The van der Waals surface area contributed by atoms with E-state index in [2.05, 4.69) is 11.0 Å². The van der Waals surface area contributed by atoms with Crippen LogP contribution < -0.4 is 9.64 Å². The van der Waals surface area contributed by atoms with Gasteiger partial charge >= 0.3 is 5.97 Å². The molecule has 0 amide bonds.